The first-order valence-electron chi connectivity index (χ1n) is 16.9. The fourth-order valence-corrected chi connectivity index (χ4v) is 10.2. The number of carbonyl (C=O) groups excluding carboxylic acids is 4. The number of carbonyl (C=O) groups is 4. The maximum atomic E-state index is 12.6. The van der Waals surface area contributed by atoms with Gasteiger partial charge in [0.25, 0.3) is 5.79 Å². The van der Waals surface area contributed by atoms with E-state index >= 15 is 0 Å². The largest absolute Gasteiger partial charge is 0.462 e. The van der Waals surface area contributed by atoms with Gasteiger partial charge in [0.1, 0.15) is 11.7 Å². The summed E-state index contributed by atoms with van der Waals surface area (Å²) in [6.07, 6.45) is 9.29. The van der Waals surface area contributed by atoms with Crippen LogP contribution in [-0.4, -0.2) is 41.4 Å². The van der Waals surface area contributed by atoms with Crippen molar-refractivity contribution in [2.24, 2.45) is 38.4 Å². The summed E-state index contributed by atoms with van der Waals surface area (Å²) >= 11 is 0. The average molecular weight is 617 g/mol. The van der Waals surface area contributed by atoms with Crippen LogP contribution in [0.2, 0.25) is 0 Å². The molecular weight excluding hydrogens is 560 g/mol. The van der Waals surface area contributed by atoms with Crippen LogP contribution in [0.3, 0.4) is 0 Å². The van der Waals surface area contributed by atoms with Crippen LogP contribution >= 0.6 is 0 Å². The number of hydrogen-bond acceptors (Lipinski definition) is 8. The molecule has 4 heterocycles. The average Bonchev–Trinajstić information content (AvgIpc) is 3.05. The minimum absolute atomic E-state index is 0.0265. The summed E-state index contributed by atoms with van der Waals surface area (Å²) in [6, 6.07) is 0. The van der Waals surface area contributed by atoms with Crippen LogP contribution in [0.25, 0.3) is 0 Å². The van der Waals surface area contributed by atoms with Gasteiger partial charge in [0.05, 0.1) is 22.2 Å². The zero-order valence-corrected chi connectivity index (χ0v) is 28.9. The van der Waals surface area contributed by atoms with Gasteiger partial charge in [0, 0.05) is 25.7 Å². The first kappa shape index (κ1) is 33.2. The van der Waals surface area contributed by atoms with Gasteiger partial charge in [-0.1, -0.05) is 34.6 Å². The normalized spacial score (nSPS) is 43.7. The van der Waals surface area contributed by atoms with Crippen LogP contribution in [0.4, 0.5) is 0 Å². The predicted molar refractivity (Wildman–Crippen MR) is 164 cm³/mol. The fourth-order valence-electron chi connectivity index (χ4n) is 10.2. The third kappa shape index (κ3) is 5.92. The van der Waals surface area contributed by atoms with Crippen molar-refractivity contribution in [3.8, 4) is 0 Å². The van der Waals surface area contributed by atoms with Crippen molar-refractivity contribution in [1.82, 2.24) is 0 Å². The Morgan fingerprint density at radius 3 is 1.80 bits per heavy atom. The van der Waals surface area contributed by atoms with Crippen LogP contribution in [0, 0.1) is 38.4 Å². The van der Waals surface area contributed by atoms with Gasteiger partial charge in [-0.3, -0.25) is 19.2 Å². The summed E-state index contributed by atoms with van der Waals surface area (Å²) in [6.45, 7) is 20.2. The molecule has 6 atom stereocenters. The lowest BCUT2D eigenvalue weighted by atomic mass is 9.53. The molecule has 248 valence electrons. The van der Waals surface area contributed by atoms with Gasteiger partial charge in [0.2, 0.25) is 0 Å². The highest BCUT2D eigenvalue weighted by atomic mass is 16.7. The van der Waals surface area contributed by atoms with E-state index in [1.807, 2.05) is 48.5 Å². The van der Waals surface area contributed by atoms with Crippen LogP contribution in [0.5, 0.6) is 0 Å². The van der Waals surface area contributed by atoms with Crippen molar-refractivity contribution in [3.63, 3.8) is 0 Å². The van der Waals surface area contributed by atoms with E-state index in [1.165, 1.54) is 0 Å². The molecule has 8 heteroatoms. The molecule has 4 saturated heterocycles. The van der Waals surface area contributed by atoms with E-state index < -0.39 is 27.6 Å². The van der Waals surface area contributed by atoms with Gasteiger partial charge in [-0.15, -0.1) is 0 Å². The molecule has 8 rings (SSSR count). The second-order valence-electron chi connectivity index (χ2n) is 18.4. The van der Waals surface area contributed by atoms with E-state index in [0.29, 0.717) is 32.1 Å². The minimum atomic E-state index is -1.05. The Bertz CT molecular complexity index is 1220. The van der Waals surface area contributed by atoms with Gasteiger partial charge in [-0.05, 0) is 102 Å². The first-order chi connectivity index (χ1) is 20.0. The fraction of sp³-hybridized carbons (Fsp3) is 0.889. The molecule has 0 amide bonds. The van der Waals surface area contributed by atoms with Gasteiger partial charge in [-0.25, -0.2) is 0 Å². The molecule has 0 aromatic rings. The van der Waals surface area contributed by atoms with E-state index in [-0.39, 0.29) is 52.1 Å². The van der Waals surface area contributed by atoms with Crippen molar-refractivity contribution in [2.45, 2.75) is 164 Å². The maximum absolute atomic E-state index is 12.6. The minimum Gasteiger partial charge on any atom is -0.462 e. The smallest absolute Gasteiger partial charge is 0.314 e. The van der Waals surface area contributed by atoms with E-state index in [0.717, 1.165) is 44.9 Å². The lowest BCUT2D eigenvalue weighted by molar-refractivity contribution is -0.259. The second-order valence-corrected chi connectivity index (χ2v) is 18.4. The topological polar surface area (TPSA) is 105 Å². The van der Waals surface area contributed by atoms with Crippen LogP contribution in [0.15, 0.2) is 0 Å². The van der Waals surface area contributed by atoms with Crippen molar-refractivity contribution in [2.75, 3.05) is 0 Å². The van der Waals surface area contributed by atoms with Crippen LogP contribution in [-0.2, 0) is 38.1 Å². The van der Waals surface area contributed by atoms with E-state index in [2.05, 4.69) is 20.8 Å². The molecule has 0 N–H and O–H groups in total. The molecule has 8 aliphatic rings. The Kier molecular flexibility index (Phi) is 7.70. The van der Waals surface area contributed by atoms with E-state index in [4.69, 9.17) is 18.9 Å². The Morgan fingerprint density at radius 1 is 0.727 bits per heavy atom. The molecule has 4 aliphatic heterocycles. The van der Waals surface area contributed by atoms with Gasteiger partial charge < -0.3 is 18.9 Å². The number of rotatable bonds is 6. The molecule has 4 saturated carbocycles. The zero-order chi connectivity index (χ0) is 32.8. The monoisotopic (exact) mass is 616 g/mol. The van der Waals surface area contributed by atoms with Gasteiger partial charge in [0.15, 0.2) is 0 Å². The van der Waals surface area contributed by atoms with E-state index in [1.54, 1.807) is 0 Å². The van der Waals surface area contributed by atoms with Gasteiger partial charge >= 0.3 is 23.9 Å². The molecule has 8 nitrogen and oxygen atoms in total. The molecule has 4 aliphatic carbocycles. The highest BCUT2D eigenvalue weighted by molar-refractivity contribution is 5.80. The number of ether oxygens (including phenoxy) is 4. The third-order valence-corrected chi connectivity index (χ3v) is 12.2. The molecule has 0 aromatic carbocycles. The Balaban J connectivity index is 0.000000175. The zero-order valence-electron chi connectivity index (χ0n) is 28.9. The summed E-state index contributed by atoms with van der Waals surface area (Å²) in [5.74, 6) is -1.76. The number of esters is 4. The number of hydrogen-bond donors (Lipinski definition) is 0. The summed E-state index contributed by atoms with van der Waals surface area (Å²) in [5, 5.41) is 0. The second kappa shape index (κ2) is 10.2. The highest BCUT2D eigenvalue weighted by Crippen LogP contribution is 2.64. The standard InChI is InChI=1S/2C18H28O4/c1-6-15(2,3)13(19)22-18-8-12-7-16(4,10-18)9-17(5,11-18)14(20)21-12;1-6-15(2,3)14(20)22-18-10-16(4)7-12(13(19)21-18)8-17(5,9-16)11-18/h2*12H,6-11H2,1-5H3. The summed E-state index contributed by atoms with van der Waals surface area (Å²) < 4.78 is 23.5. The molecular formula is C36H56O8. The predicted octanol–water partition coefficient (Wildman–Crippen LogP) is 7.45. The highest BCUT2D eigenvalue weighted by Gasteiger charge is 2.65. The molecule has 44 heavy (non-hydrogen) atoms. The lowest BCUT2D eigenvalue weighted by Crippen LogP contribution is -2.55. The molecule has 8 fully saturated rings. The quantitative estimate of drug-likeness (QED) is 0.224. The summed E-state index contributed by atoms with van der Waals surface area (Å²) in [4.78, 5) is 50.1. The Labute approximate surface area is 264 Å². The van der Waals surface area contributed by atoms with Crippen LogP contribution in [0.1, 0.15) is 146 Å². The van der Waals surface area contributed by atoms with Gasteiger partial charge in [-0.2, -0.15) is 0 Å². The molecule has 8 bridgehead atoms. The SMILES string of the molecule is CCC(C)(C)C(=O)OC12CC3(C)CC(CC(C)(C3)C1)C(=O)O2.CCC(C)(C)C(=O)OC12CC3CC(C)(C1)CC(C)(C2)C(=O)O3. The maximum Gasteiger partial charge on any atom is 0.314 e. The lowest BCUT2D eigenvalue weighted by Gasteiger charge is -2.54. The van der Waals surface area contributed by atoms with Crippen molar-refractivity contribution in [1.29, 1.82) is 0 Å². The molecule has 0 spiro atoms. The van der Waals surface area contributed by atoms with E-state index in [9.17, 15) is 19.2 Å². The van der Waals surface area contributed by atoms with Crippen LogP contribution < -0.4 is 0 Å². The molecule has 0 aromatic heterocycles. The van der Waals surface area contributed by atoms with Crippen molar-refractivity contribution < 1.29 is 38.1 Å². The summed E-state index contributed by atoms with van der Waals surface area (Å²) in [5.41, 5.74) is -2.00. The first-order valence-corrected chi connectivity index (χ1v) is 16.9. The third-order valence-electron chi connectivity index (χ3n) is 12.2. The Morgan fingerprint density at radius 2 is 1.25 bits per heavy atom. The summed E-state index contributed by atoms with van der Waals surface area (Å²) in [7, 11) is 0. The molecule has 6 unspecified atom stereocenters. The molecule has 0 radical (unpaired) electrons. The van der Waals surface area contributed by atoms with Crippen molar-refractivity contribution in [3.05, 3.63) is 0 Å². The van der Waals surface area contributed by atoms with Crippen molar-refractivity contribution >= 4 is 23.9 Å². The number of fused-ring (bicyclic) bond motifs is 2. The Hall–Kier alpha value is -2.12.